The van der Waals surface area contributed by atoms with Crippen molar-refractivity contribution in [2.75, 3.05) is 5.32 Å². The average Bonchev–Trinajstić information content (AvgIpc) is 2.74. The molecule has 26 heavy (non-hydrogen) atoms. The van der Waals surface area contributed by atoms with E-state index in [2.05, 4.69) is 37.4 Å². The molecule has 5 nitrogen and oxygen atoms in total. The molecular weight excluding hydrogens is 322 g/mol. The van der Waals surface area contributed by atoms with Gasteiger partial charge >= 0.3 is 0 Å². The molecule has 0 radical (unpaired) electrons. The maximum atomic E-state index is 4.65. The summed E-state index contributed by atoms with van der Waals surface area (Å²) in [5, 5.41) is 3.37. The molecule has 0 amide bonds. The van der Waals surface area contributed by atoms with Gasteiger partial charge in [-0.15, -0.1) is 0 Å². The van der Waals surface area contributed by atoms with Crippen LogP contribution in [0.25, 0.3) is 22.9 Å². The van der Waals surface area contributed by atoms with Crippen LogP contribution >= 0.6 is 0 Å². The zero-order valence-electron chi connectivity index (χ0n) is 14.1. The van der Waals surface area contributed by atoms with Gasteiger partial charge in [0.15, 0.2) is 5.82 Å². The standard InChI is InChI=1S/C21H17N5/c1-2-8-16(9-3-1)15-24-20-14-19(17-10-4-6-12-22-17)25-21(26-20)18-11-5-7-13-23-18/h1-14H,15H2,(H,24,25,26). The van der Waals surface area contributed by atoms with Crippen LogP contribution in [0.15, 0.2) is 85.2 Å². The van der Waals surface area contributed by atoms with E-state index in [-0.39, 0.29) is 0 Å². The highest BCUT2D eigenvalue weighted by molar-refractivity contribution is 5.63. The SMILES string of the molecule is c1ccc(CNc2cc(-c3ccccn3)nc(-c3ccccn3)n2)cc1. The van der Waals surface area contributed by atoms with Crippen LogP contribution in [0.2, 0.25) is 0 Å². The molecular formula is C21H17N5. The van der Waals surface area contributed by atoms with E-state index in [1.54, 1.807) is 12.4 Å². The van der Waals surface area contributed by atoms with E-state index in [1.807, 2.05) is 60.7 Å². The van der Waals surface area contributed by atoms with Crippen molar-refractivity contribution in [3.63, 3.8) is 0 Å². The number of rotatable bonds is 5. The lowest BCUT2D eigenvalue weighted by atomic mass is 10.2. The Hall–Kier alpha value is -3.60. The molecule has 1 N–H and O–H groups in total. The van der Waals surface area contributed by atoms with Crippen molar-refractivity contribution in [1.29, 1.82) is 0 Å². The minimum Gasteiger partial charge on any atom is -0.366 e. The minimum absolute atomic E-state index is 0.573. The maximum Gasteiger partial charge on any atom is 0.180 e. The Morgan fingerprint density at radius 1 is 0.654 bits per heavy atom. The van der Waals surface area contributed by atoms with Gasteiger partial charge in [-0.05, 0) is 29.8 Å². The first kappa shape index (κ1) is 15.9. The van der Waals surface area contributed by atoms with Crippen molar-refractivity contribution in [3.05, 3.63) is 90.8 Å². The Morgan fingerprint density at radius 2 is 1.35 bits per heavy atom. The van der Waals surface area contributed by atoms with Crippen LogP contribution in [-0.4, -0.2) is 19.9 Å². The molecule has 0 unspecified atom stereocenters. The van der Waals surface area contributed by atoms with Crippen molar-refractivity contribution < 1.29 is 0 Å². The van der Waals surface area contributed by atoms with Crippen LogP contribution in [0.5, 0.6) is 0 Å². The lowest BCUT2D eigenvalue weighted by Gasteiger charge is -2.10. The molecule has 1 aromatic carbocycles. The third-order valence-electron chi connectivity index (χ3n) is 3.86. The summed E-state index contributed by atoms with van der Waals surface area (Å²) in [5.74, 6) is 1.31. The molecule has 0 saturated heterocycles. The second-order valence-corrected chi connectivity index (χ2v) is 5.73. The number of hydrogen-bond acceptors (Lipinski definition) is 5. The summed E-state index contributed by atoms with van der Waals surface area (Å²) in [6, 6.07) is 23.6. The first-order chi connectivity index (χ1) is 12.9. The van der Waals surface area contributed by atoms with Crippen molar-refractivity contribution in [2.45, 2.75) is 6.54 Å². The topological polar surface area (TPSA) is 63.6 Å². The highest BCUT2D eigenvalue weighted by Gasteiger charge is 2.10. The number of aromatic nitrogens is 4. The van der Waals surface area contributed by atoms with Gasteiger partial charge in [-0.25, -0.2) is 9.97 Å². The zero-order valence-corrected chi connectivity index (χ0v) is 14.1. The molecule has 126 valence electrons. The van der Waals surface area contributed by atoms with Crippen LogP contribution in [0.3, 0.4) is 0 Å². The summed E-state index contributed by atoms with van der Waals surface area (Å²) in [6.07, 6.45) is 3.50. The maximum absolute atomic E-state index is 4.65. The molecule has 0 aliphatic carbocycles. The lowest BCUT2D eigenvalue weighted by Crippen LogP contribution is -2.04. The molecule has 0 saturated carbocycles. The van der Waals surface area contributed by atoms with Gasteiger partial charge in [-0.3, -0.25) is 9.97 Å². The zero-order chi connectivity index (χ0) is 17.6. The van der Waals surface area contributed by atoms with E-state index < -0.39 is 0 Å². The van der Waals surface area contributed by atoms with Crippen molar-refractivity contribution in [1.82, 2.24) is 19.9 Å². The van der Waals surface area contributed by atoms with E-state index in [0.29, 0.717) is 12.4 Å². The summed E-state index contributed by atoms with van der Waals surface area (Å²) in [7, 11) is 0. The molecule has 0 aliphatic rings. The van der Waals surface area contributed by atoms with Gasteiger partial charge < -0.3 is 5.32 Å². The number of nitrogens with one attached hydrogen (secondary N) is 1. The van der Waals surface area contributed by atoms with E-state index in [9.17, 15) is 0 Å². The van der Waals surface area contributed by atoms with Crippen molar-refractivity contribution >= 4 is 5.82 Å². The van der Waals surface area contributed by atoms with Crippen LogP contribution in [0.1, 0.15) is 5.56 Å². The Labute approximate surface area is 151 Å². The third kappa shape index (κ3) is 3.72. The van der Waals surface area contributed by atoms with Gasteiger partial charge in [0.25, 0.3) is 0 Å². The highest BCUT2D eigenvalue weighted by atomic mass is 15.0. The Kier molecular flexibility index (Phi) is 4.60. The van der Waals surface area contributed by atoms with Gasteiger partial charge in [0.05, 0.1) is 11.4 Å². The van der Waals surface area contributed by atoms with E-state index in [4.69, 9.17) is 0 Å². The molecule has 3 heterocycles. The molecule has 0 bridgehead atoms. The van der Waals surface area contributed by atoms with Crippen molar-refractivity contribution in [3.8, 4) is 22.9 Å². The molecule has 5 heteroatoms. The Balaban J connectivity index is 1.70. The fourth-order valence-electron chi connectivity index (χ4n) is 2.58. The predicted molar refractivity (Wildman–Crippen MR) is 102 cm³/mol. The molecule has 4 rings (SSSR count). The van der Waals surface area contributed by atoms with E-state index in [0.717, 1.165) is 22.9 Å². The van der Waals surface area contributed by atoms with E-state index in [1.165, 1.54) is 5.56 Å². The molecule has 0 aliphatic heterocycles. The molecule has 4 aromatic rings. The normalized spacial score (nSPS) is 10.5. The Bertz CT molecular complexity index is 915. The number of benzene rings is 1. The van der Waals surface area contributed by atoms with Gasteiger partial charge in [0, 0.05) is 25.0 Å². The second kappa shape index (κ2) is 7.53. The Morgan fingerprint density at radius 3 is 2.04 bits per heavy atom. The number of nitrogens with zero attached hydrogens (tertiary/aromatic N) is 4. The highest BCUT2D eigenvalue weighted by Crippen LogP contribution is 2.22. The van der Waals surface area contributed by atoms with Gasteiger partial charge in [-0.2, -0.15) is 0 Å². The first-order valence-corrected chi connectivity index (χ1v) is 8.38. The lowest BCUT2D eigenvalue weighted by molar-refractivity contribution is 1.07. The van der Waals surface area contributed by atoms with Gasteiger partial charge in [0.2, 0.25) is 0 Å². The molecule has 0 atom stereocenters. The number of hydrogen-bond donors (Lipinski definition) is 1. The van der Waals surface area contributed by atoms with Crippen LogP contribution in [0.4, 0.5) is 5.82 Å². The average molecular weight is 339 g/mol. The summed E-state index contributed by atoms with van der Waals surface area (Å²) < 4.78 is 0. The monoisotopic (exact) mass is 339 g/mol. The van der Waals surface area contributed by atoms with Crippen LogP contribution in [0, 0.1) is 0 Å². The fraction of sp³-hybridized carbons (Fsp3) is 0.0476. The number of pyridine rings is 2. The summed E-state index contributed by atoms with van der Waals surface area (Å²) in [5.41, 5.74) is 3.48. The van der Waals surface area contributed by atoms with E-state index >= 15 is 0 Å². The fourth-order valence-corrected chi connectivity index (χ4v) is 2.58. The summed E-state index contributed by atoms with van der Waals surface area (Å²) in [6.45, 7) is 0.682. The molecule has 3 aromatic heterocycles. The molecule has 0 spiro atoms. The quantitative estimate of drug-likeness (QED) is 0.590. The third-order valence-corrected chi connectivity index (χ3v) is 3.86. The second-order valence-electron chi connectivity index (χ2n) is 5.73. The number of anilines is 1. The van der Waals surface area contributed by atoms with Crippen LogP contribution in [-0.2, 0) is 6.54 Å². The van der Waals surface area contributed by atoms with Crippen LogP contribution < -0.4 is 5.32 Å². The smallest absolute Gasteiger partial charge is 0.180 e. The van der Waals surface area contributed by atoms with Gasteiger partial charge in [0.1, 0.15) is 11.5 Å². The van der Waals surface area contributed by atoms with Gasteiger partial charge in [-0.1, -0.05) is 42.5 Å². The van der Waals surface area contributed by atoms with Crippen molar-refractivity contribution in [2.24, 2.45) is 0 Å². The minimum atomic E-state index is 0.573. The summed E-state index contributed by atoms with van der Waals surface area (Å²) in [4.78, 5) is 18.1. The largest absolute Gasteiger partial charge is 0.366 e. The molecule has 0 fully saturated rings. The predicted octanol–water partition coefficient (Wildman–Crippen LogP) is 4.21. The summed E-state index contributed by atoms with van der Waals surface area (Å²) >= 11 is 0. The first-order valence-electron chi connectivity index (χ1n) is 8.38.